The summed E-state index contributed by atoms with van der Waals surface area (Å²) in [5.74, 6) is 1.58. The van der Waals surface area contributed by atoms with E-state index in [-0.39, 0.29) is 5.91 Å². The van der Waals surface area contributed by atoms with Gasteiger partial charge in [-0.1, -0.05) is 24.3 Å². The molecule has 0 spiro atoms. The van der Waals surface area contributed by atoms with Crippen molar-refractivity contribution in [1.82, 2.24) is 9.78 Å². The van der Waals surface area contributed by atoms with Crippen LogP contribution in [0.15, 0.2) is 42.5 Å². The first kappa shape index (κ1) is 18.4. The number of aromatic nitrogens is 2. The fourth-order valence-electron chi connectivity index (χ4n) is 3.40. The van der Waals surface area contributed by atoms with Crippen LogP contribution in [0.25, 0.3) is 5.69 Å². The lowest BCUT2D eigenvalue weighted by Crippen LogP contribution is -2.17. The third-order valence-electron chi connectivity index (χ3n) is 5.06. The Morgan fingerprint density at radius 1 is 1.14 bits per heavy atom. The van der Waals surface area contributed by atoms with Gasteiger partial charge in [0.1, 0.15) is 11.6 Å². The number of rotatable bonds is 4. The first-order chi connectivity index (χ1) is 13.5. The molecule has 7 heteroatoms. The summed E-state index contributed by atoms with van der Waals surface area (Å²) in [7, 11) is 0.545. The van der Waals surface area contributed by atoms with Crippen LogP contribution in [0.3, 0.4) is 0 Å². The van der Waals surface area contributed by atoms with Gasteiger partial charge in [0, 0.05) is 16.4 Å². The lowest BCUT2D eigenvalue weighted by molar-refractivity contribution is 0.102. The van der Waals surface area contributed by atoms with E-state index in [1.54, 1.807) is 22.9 Å². The number of nitrogens with one attached hydrogen (secondary N) is 1. The summed E-state index contributed by atoms with van der Waals surface area (Å²) in [6.45, 7) is 4.07. The van der Waals surface area contributed by atoms with Crippen LogP contribution in [0.4, 0.5) is 5.82 Å². The highest BCUT2D eigenvalue weighted by molar-refractivity contribution is 7.83. The first-order valence-electron chi connectivity index (χ1n) is 8.96. The highest BCUT2D eigenvalue weighted by Gasteiger charge is 2.29. The zero-order valence-corrected chi connectivity index (χ0v) is 16.8. The molecule has 0 bridgehead atoms. The summed E-state index contributed by atoms with van der Waals surface area (Å²) in [4.78, 5) is 13.0. The zero-order valence-electron chi connectivity index (χ0n) is 16.0. The van der Waals surface area contributed by atoms with Crippen molar-refractivity contribution in [2.75, 3.05) is 12.4 Å². The Morgan fingerprint density at radius 3 is 2.71 bits per heavy atom. The molecular weight excluding hydrogens is 374 g/mol. The van der Waals surface area contributed by atoms with Crippen LogP contribution >= 0.6 is 0 Å². The average molecular weight is 395 g/mol. The van der Waals surface area contributed by atoms with E-state index in [9.17, 15) is 9.00 Å². The van der Waals surface area contributed by atoms with E-state index in [1.807, 2.05) is 38.1 Å². The summed E-state index contributed by atoms with van der Waals surface area (Å²) in [5.41, 5.74) is 5.16. The van der Waals surface area contributed by atoms with E-state index in [4.69, 9.17) is 4.74 Å². The molecule has 1 amide bonds. The number of amides is 1. The van der Waals surface area contributed by atoms with Crippen molar-refractivity contribution in [1.29, 1.82) is 0 Å². The molecule has 0 fully saturated rings. The molecule has 1 atom stereocenters. The van der Waals surface area contributed by atoms with Crippen LogP contribution in [-0.4, -0.2) is 27.0 Å². The van der Waals surface area contributed by atoms with Gasteiger partial charge in [-0.05, 0) is 43.2 Å². The maximum atomic E-state index is 13.0. The van der Waals surface area contributed by atoms with Gasteiger partial charge < -0.3 is 10.1 Å². The SMILES string of the molecule is COc1ccccc1C(=O)Nc1c2c(nn1-c1cccc(C)c1C)C[S@](=O)C2. The van der Waals surface area contributed by atoms with Crippen molar-refractivity contribution in [3.63, 3.8) is 0 Å². The van der Waals surface area contributed by atoms with Gasteiger partial charge in [-0.2, -0.15) is 5.10 Å². The number of ether oxygens (including phenoxy) is 1. The Hall–Kier alpha value is -2.93. The van der Waals surface area contributed by atoms with Gasteiger partial charge in [-0.3, -0.25) is 9.00 Å². The number of hydrogen-bond acceptors (Lipinski definition) is 4. The highest BCUT2D eigenvalue weighted by atomic mass is 32.2. The van der Waals surface area contributed by atoms with Crippen LogP contribution in [-0.2, 0) is 22.3 Å². The van der Waals surface area contributed by atoms with Crippen molar-refractivity contribution in [3.8, 4) is 11.4 Å². The molecule has 1 aliphatic rings. The van der Waals surface area contributed by atoms with Gasteiger partial charge >= 0.3 is 0 Å². The standard InChI is InChI=1S/C21H21N3O3S/c1-13-7-6-9-18(14(13)2)24-20(16-11-28(26)12-17(16)23-24)22-21(25)15-8-4-5-10-19(15)27-3/h4-10H,11-12H2,1-3H3,(H,22,25)/t28-/m1/s1. The van der Waals surface area contributed by atoms with Crippen molar-refractivity contribution in [2.24, 2.45) is 0 Å². The maximum absolute atomic E-state index is 13.0. The number of carbonyl (C=O) groups excluding carboxylic acids is 1. The van der Waals surface area contributed by atoms with Gasteiger partial charge in [0.25, 0.3) is 5.91 Å². The second-order valence-corrected chi connectivity index (χ2v) is 8.24. The molecule has 2 heterocycles. The minimum absolute atomic E-state index is 0.288. The molecular formula is C21H21N3O3S. The van der Waals surface area contributed by atoms with Crippen molar-refractivity contribution >= 4 is 22.5 Å². The molecule has 0 saturated carbocycles. The molecule has 1 N–H and O–H groups in total. The molecule has 2 aromatic carbocycles. The van der Waals surface area contributed by atoms with Gasteiger partial charge in [0.2, 0.25) is 0 Å². The lowest BCUT2D eigenvalue weighted by Gasteiger charge is -2.15. The van der Waals surface area contributed by atoms with Crippen LogP contribution < -0.4 is 10.1 Å². The topological polar surface area (TPSA) is 73.2 Å². The molecule has 0 saturated heterocycles. The summed E-state index contributed by atoms with van der Waals surface area (Å²) in [6.07, 6.45) is 0. The van der Waals surface area contributed by atoms with Gasteiger partial charge in [-0.15, -0.1) is 0 Å². The minimum atomic E-state index is -0.990. The van der Waals surface area contributed by atoms with Crippen molar-refractivity contribution in [2.45, 2.75) is 25.4 Å². The zero-order chi connectivity index (χ0) is 19.8. The number of methoxy groups -OCH3 is 1. The summed E-state index contributed by atoms with van der Waals surface area (Å²) in [6, 6.07) is 13.0. The summed E-state index contributed by atoms with van der Waals surface area (Å²) in [5, 5.41) is 7.67. The highest BCUT2D eigenvalue weighted by Crippen LogP contribution is 2.33. The van der Waals surface area contributed by atoms with Crippen LogP contribution in [0, 0.1) is 13.8 Å². The number of carbonyl (C=O) groups is 1. The molecule has 144 valence electrons. The third kappa shape index (κ3) is 3.11. The van der Waals surface area contributed by atoms with Crippen LogP contribution in [0.2, 0.25) is 0 Å². The predicted octanol–water partition coefficient (Wildman–Crippen LogP) is 3.51. The van der Waals surface area contributed by atoms with E-state index in [0.717, 1.165) is 28.1 Å². The van der Waals surface area contributed by atoms with E-state index in [1.165, 1.54) is 7.11 Å². The van der Waals surface area contributed by atoms with E-state index < -0.39 is 10.8 Å². The Bertz CT molecular complexity index is 1100. The number of aryl methyl sites for hydroxylation is 1. The molecule has 28 heavy (non-hydrogen) atoms. The number of hydrogen-bond donors (Lipinski definition) is 1. The number of para-hydroxylation sites is 1. The largest absolute Gasteiger partial charge is 0.496 e. The van der Waals surface area contributed by atoms with Crippen molar-refractivity contribution in [3.05, 3.63) is 70.4 Å². The fourth-order valence-corrected chi connectivity index (χ4v) is 4.67. The Morgan fingerprint density at radius 2 is 1.93 bits per heavy atom. The summed E-state index contributed by atoms with van der Waals surface area (Å²) >= 11 is 0. The molecule has 4 rings (SSSR count). The van der Waals surface area contributed by atoms with E-state index in [2.05, 4.69) is 10.4 Å². The predicted molar refractivity (Wildman–Crippen MR) is 110 cm³/mol. The fraction of sp³-hybridized carbons (Fsp3) is 0.238. The second kappa shape index (κ2) is 7.24. The normalized spacial score (nSPS) is 15.3. The van der Waals surface area contributed by atoms with Gasteiger partial charge in [-0.25, -0.2) is 4.68 Å². The van der Waals surface area contributed by atoms with Crippen LogP contribution in [0.5, 0.6) is 5.75 Å². The quantitative estimate of drug-likeness (QED) is 0.734. The molecule has 6 nitrogen and oxygen atoms in total. The molecule has 1 aromatic heterocycles. The number of anilines is 1. The molecule has 0 radical (unpaired) electrons. The van der Waals surface area contributed by atoms with E-state index in [0.29, 0.717) is 28.6 Å². The number of benzene rings is 2. The Labute approximate surface area is 166 Å². The van der Waals surface area contributed by atoms with Gasteiger partial charge in [0.05, 0.1) is 35.6 Å². The molecule has 0 unspecified atom stereocenters. The minimum Gasteiger partial charge on any atom is -0.496 e. The second-order valence-electron chi connectivity index (χ2n) is 6.79. The number of nitrogens with zero attached hydrogens (tertiary/aromatic N) is 2. The molecule has 3 aromatic rings. The van der Waals surface area contributed by atoms with E-state index >= 15 is 0 Å². The molecule has 1 aliphatic heterocycles. The Kier molecular flexibility index (Phi) is 4.77. The molecule has 0 aliphatic carbocycles. The lowest BCUT2D eigenvalue weighted by atomic mass is 10.1. The number of fused-ring (bicyclic) bond motifs is 1. The smallest absolute Gasteiger partial charge is 0.260 e. The van der Waals surface area contributed by atoms with Crippen molar-refractivity contribution < 1.29 is 13.7 Å². The first-order valence-corrected chi connectivity index (χ1v) is 10.4. The summed E-state index contributed by atoms with van der Waals surface area (Å²) < 4.78 is 19.1. The monoisotopic (exact) mass is 395 g/mol. The maximum Gasteiger partial charge on any atom is 0.260 e. The third-order valence-corrected chi connectivity index (χ3v) is 6.26. The Balaban J connectivity index is 1.81. The average Bonchev–Trinajstić information content (AvgIpc) is 3.21. The van der Waals surface area contributed by atoms with Crippen LogP contribution in [0.1, 0.15) is 32.7 Å². The van der Waals surface area contributed by atoms with Gasteiger partial charge in [0.15, 0.2) is 0 Å².